The molecule has 0 unspecified atom stereocenters. The Morgan fingerprint density at radius 3 is 2.57 bits per heavy atom. The average Bonchev–Trinajstić information content (AvgIpc) is 2.73. The first kappa shape index (κ1) is 19.7. The first-order valence-corrected chi connectivity index (χ1v) is 9.57. The highest BCUT2D eigenvalue weighted by molar-refractivity contribution is 5.96. The van der Waals surface area contributed by atoms with Crippen LogP contribution in [0.3, 0.4) is 0 Å². The molecular formula is C23H25NO4. The Morgan fingerprint density at radius 2 is 1.82 bits per heavy atom. The average molecular weight is 379 g/mol. The van der Waals surface area contributed by atoms with E-state index in [0.29, 0.717) is 5.57 Å². The van der Waals surface area contributed by atoms with Gasteiger partial charge in [-0.3, -0.25) is 4.79 Å². The van der Waals surface area contributed by atoms with Crippen LogP contribution in [0.25, 0.3) is 6.08 Å². The number of carbonyl (C=O) groups is 2. The lowest BCUT2D eigenvalue weighted by atomic mass is 10.0. The van der Waals surface area contributed by atoms with Gasteiger partial charge in [0.2, 0.25) is 0 Å². The molecule has 0 fully saturated rings. The summed E-state index contributed by atoms with van der Waals surface area (Å²) in [5, 5.41) is 2.99. The number of rotatable bonds is 7. The molecule has 0 aromatic heterocycles. The summed E-state index contributed by atoms with van der Waals surface area (Å²) in [7, 11) is 0. The molecule has 2 aromatic carbocycles. The highest BCUT2D eigenvalue weighted by atomic mass is 16.6. The minimum Gasteiger partial charge on any atom is -0.488 e. The first-order chi connectivity index (χ1) is 13.6. The summed E-state index contributed by atoms with van der Waals surface area (Å²) in [5.74, 6) is -0.118. The zero-order chi connectivity index (χ0) is 19.9. The van der Waals surface area contributed by atoms with Gasteiger partial charge >= 0.3 is 5.97 Å². The molecule has 28 heavy (non-hydrogen) atoms. The topological polar surface area (TPSA) is 64.6 Å². The largest absolute Gasteiger partial charge is 0.488 e. The monoisotopic (exact) mass is 379 g/mol. The van der Waals surface area contributed by atoms with E-state index in [-0.39, 0.29) is 18.6 Å². The molecular weight excluding hydrogens is 354 g/mol. The van der Waals surface area contributed by atoms with Gasteiger partial charge in [-0.15, -0.1) is 0 Å². The van der Waals surface area contributed by atoms with Crippen molar-refractivity contribution in [2.24, 2.45) is 0 Å². The molecule has 2 atom stereocenters. The molecule has 5 nitrogen and oxygen atoms in total. The third kappa shape index (κ3) is 4.80. The van der Waals surface area contributed by atoms with Crippen LogP contribution in [0.2, 0.25) is 0 Å². The van der Waals surface area contributed by atoms with Gasteiger partial charge < -0.3 is 14.8 Å². The van der Waals surface area contributed by atoms with E-state index in [2.05, 4.69) is 12.2 Å². The molecule has 146 valence electrons. The van der Waals surface area contributed by atoms with E-state index < -0.39 is 12.1 Å². The molecule has 0 saturated carbocycles. The van der Waals surface area contributed by atoms with Crippen molar-refractivity contribution in [3.63, 3.8) is 0 Å². The van der Waals surface area contributed by atoms with Gasteiger partial charge in [0.15, 0.2) is 6.10 Å². The number of nitrogens with one attached hydrogen (secondary N) is 1. The minimum atomic E-state index is -0.895. The zero-order valence-electron chi connectivity index (χ0n) is 16.2. The zero-order valence-corrected chi connectivity index (χ0v) is 16.2. The van der Waals surface area contributed by atoms with Gasteiger partial charge in [0.25, 0.3) is 5.91 Å². The first-order valence-electron chi connectivity index (χ1n) is 9.57. The van der Waals surface area contributed by atoms with Crippen LogP contribution < -0.4 is 10.1 Å². The van der Waals surface area contributed by atoms with Gasteiger partial charge in [-0.05, 0) is 31.1 Å². The molecule has 1 amide bonds. The summed E-state index contributed by atoms with van der Waals surface area (Å²) in [6.45, 7) is 3.78. The molecule has 1 aliphatic heterocycles. The van der Waals surface area contributed by atoms with Crippen molar-refractivity contribution in [2.45, 2.75) is 38.8 Å². The number of amides is 1. The molecule has 5 heteroatoms. The lowest BCUT2D eigenvalue weighted by Crippen LogP contribution is -2.38. The van der Waals surface area contributed by atoms with Crippen molar-refractivity contribution in [1.82, 2.24) is 5.32 Å². The van der Waals surface area contributed by atoms with Crippen LogP contribution in [-0.2, 0) is 14.3 Å². The van der Waals surface area contributed by atoms with Crippen molar-refractivity contribution in [2.75, 3.05) is 6.61 Å². The Kier molecular flexibility index (Phi) is 6.48. The molecule has 0 radical (unpaired) electrons. The number of esters is 1. The summed E-state index contributed by atoms with van der Waals surface area (Å²) in [6, 6.07) is 17.2. The quantitative estimate of drug-likeness (QED) is 0.737. The van der Waals surface area contributed by atoms with Gasteiger partial charge in [-0.2, -0.15) is 0 Å². The van der Waals surface area contributed by atoms with E-state index in [1.165, 1.54) is 0 Å². The van der Waals surface area contributed by atoms with E-state index in [1.807, 2.05) is 54.6 Å². The summed E-state index contributed by atoms with van der Waals surface area (Å²) < 4.78 is 11.0. The van der Waals surface area contributed by atoms with E-state index in [9.17, 15) is 9.59 Å². The predicted molar refractivity (Wildman–Crippen MR) is 108 cm³/mol. The van der Waals surface area contributed by atoms with Crippen LogP contribution >= 0.6 is 0 Å². The molecule has 0 bridgehead atoms. The van der Waals surface area contributed by atoms with Gasteiger partial charge in [0.05, 0.1) is 11.6 Å². The normalized spacial score (nSPS) is 14.7. The fourth-order valence-electron chi connectivity index (χ4n) is 3.11. The number of ether oxygens (including phenoxy) is 2. The van der Waals surface area contributed by atoms with Crippen molar-refractivity contribution < 1.29 is 19.1 Å². The maximum atomic E-state index is 12.6. The van der Waals surface area contributed by atoms with E-state index >= 15 is 0 Å². The predicted octanol–water partition coefficient (Wildman–Crippen LogP) is 4.05. The molecule has 0 spiro atoms. The van der Waals surface area contributed by atoms with Gasteiger partial charge in [0, 0.05) is 5.56 Å². The molecule has 3 rings (SSSR count). The molecule has 0 aliphatic carbocycles. The third-order valence-electron chi connectivity index (χ3n) is 4.64. The third-order valence-corrected chi connectivity index (χ3v) is 4.64. The van der Waals surface area contributed by atoms with E-state index in [0.717, 1.165) is 29.7 Å². The lowest BCUT2D eigenvalue weighted by molar-refractivity contribution is -0.151. The van der Waals surface area contributed by atoms with Crippen LogP contribution in [0.15, 0.2) is 60.2 Å². The summed E-state index contributed by atoms with van der Waals surface area (Å²) in [5.41, 5.74) is 2.26. The standard InChI is InChI=1S/C23H25NO4/c1-3-9-20(17-10-5-4-6-11-17)24-22(25)16(2)28-23(26)19-14-18-12-7-8-13-21(18)27-15-19/h4-8,10-14,16,20H,3,9,15H2,1-2H3,(H,24,25)/t16-,20-/m1/s1. The second kappa shape index (κ2) is 9.22. The second-order valence-corrected chi connectivity index (χ2v) is 6.80. The van der Waals surface area contributed by atoms with Gasteiger partial charge in [-0.25, -0.2) is 4.79 Å². The number of para-hydroxylation sites is 1. The maximum absolute atomic E-state index is 12.6. The molecule has 1 heterocycles. The van der Waals surface area contributed by atoms with Crippen molar-refractivity contribution in [1.29, 1.82) is 0 Å². The van der Waals surface area contributed by atoms with Crippen LogP contribution in [0.1, 0.15) is 43.9 Å². The van der Waals surface area contributed by atoms with Crippen LogP contribution in [0.5, 0.6) is 5.75 Å². The minimum absolute atomic E-state index is 0.107. The van der Waals surface area contributed by atoms with Crippen molar-refractivity contribution >= 4 is 18.0 Å². The fraction of sp³-hybridized carbons (Fsp3) is 0.304. The number of hydrogen-bond donors (Lipinski definition) is 1. The maximum Gasteiger partial charge on any atom is 0.338 e. The number of fused-ring (bicyclic) bond motifs is 1. The van der Waals surface area contributed by atoms with E-state index in [1.54, 1.807) is 13.0 Å². The number of hydrogen-bond acceptors (Lipinski definition) is 4. The lowest BCUT2D eigenvalue weighted by Gasteiger charge is -2.22. The van der Waals surface area contributed by atoms with E-state index in [4.69, 9.17) is 9.47 Å². The van der Waals surface area contributed by atoms with Crippen LogP contribution in [0, 0.1) is 0 Å². The van der Waals surface area contributed by atoms with Crippen molar-refractivity contribution in [3.05, 3.63) is 71.3 Å². The number of carbonyl (C=O) groups excluding carboxylic acids is 2. The summed E-state index contributed by atoms with van der Waals surface area (Å²) in [4.78, 5) is 25.0. The van der Waals surface area contributed by atoms with Gasteiger partial charge in [0.1, 0.15) is 12.4 Å². The second-order valence-electron chi connectivity index (χ2n) is 6.80. The Balaban J connectivity index is 1.62. The fourth-order valence-corrected chi connectivity index (χ4v) is 3.11. The SMILES string of the molecule is CCC[C@@H](NC(=O)[C@@H](C)OC(=O)C1=Cc2ccccc2OC1)c1ccccc1. The summed E-state index contributed by atoms with van der Waals surface area (Å²) >= 11 is 0. The van der Waals surface area contributed by atoms with Crippen molar-refractivity contribution in [3.8, 4) is 5.75 Å². The highest BCUT2D eigenvalue weighted by Gasteiger charge is 2.25. The number of benzene rings is 2. The van der Waals surface area contributed by atoms with Crippen LogP contribution in [-0.4, -0.2) is 24.6 Å². The Labute approximate surface area is 165 Å². The Hall–Kier alpha value is -3.08. The molecule has 1 N–H and O–H groups in total. The summed E-state index contributed by atoms with van der Waals surface area (Å²) in [6.07, 6.45) is 2.59. The van der Waals surface area contributed by atoms with Crippen LogP contribution in [0.4, 0.5) is 0 Å². The highest BCUT2D eigenvalue weighted by Crippen LogP contribution is 2.26. The molecule has 1 aliphatic rings. The molecule has 2 aromatic rings. The molecule has 0 saturated heterocycles. The Morgan fingerprint density at radius 1 is 1.11 bits per heavy atom. The smallest absolute Gasteiger partial charge is 0.338 e. The Bertz CT molecular complexity index is 860. The van der Waals surface area contributed by atoms with Gasteiger partial charge in [-0.1, -0.05) is 61.9 Å².